The lowest BCUT2D eigenvalue weighted by Gasteiger charge is -2.42. The number of hydrogen-bond donors (Lipinski definition) is 0. The molecule has 1 saturated carbocycles. The summed E-state index contributed by atoms with van der Waals surface area (Å²) in [5.74, 6) is 1.41. The summed E-state index contributed by atoms with van der Waals surface area (Å²) in [6, 6.07) is 16.9. The molecule has 1 aliphatic heterocycles. The van der Waals surface area contributed by atoms with E-state index < -0.39 is 0 Å². The average molecular weight is 409 g/mol. The molecule has 1 amide bonds. The van der Waals surface area contributed by atoms with Gasteiger partial charge < -0.3 is 14.4 Å². The van der Waals surface area contributed by atoms with Crippen molar-refractivity contribution >= 4 is 5.91 Å². The number of amides is 1. The van der Waals surface area contributed by atoms with Crippen molar-refractivity contribution in [2.24, 2.45) is 0 Å². The summed E-state index contributed by atoms with van der Waals surface area (Å²) in [6.45, 7) is 7.66. The Morgan fingerprint density at radius 3 is 2.40 bits per heavy atom. The number of hydrogen-bond acceptors (Lipinski definition) is 4. The van der Waals surface area contributed by atoms with Gasteiger partial charge in [0.2, 0.25) is 0 Å². The molecule has 1 heterocycles. The Labute approximate surface area is 179 Å². The molecule has 1 aliphatic carbocycles. The molecule has 160 valence electrons. The summed E-state index contributed by atoms with van der Waals surface area (Å²) in [6.07, 6.45) is 3.47. The Morgan fingerprint density at radius 1 is 0.967 bits per heavy atom. The maximum absolute atomic E-state index is 13.5. The highest BCUT2D eigenvalue weighted by Gasteiger charge is 2.37. The first kappa shape index (κ1) is 20.7. The van der Waals surface area contributed by atoms with Crippen LogP contribution in [0.2, 0.25) is 0 Å². The van der Waals surface area contributed by atoms with Crippen LogP contribution in [0, 0.1) is 0 Å². The maximum atomic E-state index is 13.5. The molecule has 2 aromatic rings. The van der Waals surface area contributed by atoms with Gasteiger partial charge in [0.25, 0.3) is 5.91 Å². The minimum atomic E-state index is 0.0791. The van der Waals surface area contributed by atoms with E-state index in [9.17, 15) is 4.79 Å². The van der Waals surface area contributed by atoms with E-state index in [2.05, 4.69) is 34.1 Å². The SMILES string of the molecule is CCOc1ccc(C(=O)N2CCN(C3CC3)CC2Cc2ccccc2)cc1OCC. The summed E-state index contributed by atoms with van der Waals surface area (Å²) >= 11 is 0. The van der Waals surface area contributed by atoms with E-state index in [-0.39, 0.29) is 11.9 Å². The average Bonchev–Trinajstić information content (AvgIpc) is 3.61. The van der Waals surface area contributed by atoms with Gasteiger partial charge in [-0.25, -0.2) is 0 Å². The Hall–Kier alpha value is -2.53. The Morgan fingerprint density at radius 2 is 1.70 bits per heavy atom. The molecule has 1 saturated heterocycles. The zero-order valence-electron chi connectivity index (χ0n) is 18.0. The van der Waals surface area contributed by atoms with Crippen LogP contribution in [-0.4, -0.2) is 60.6 Å². The normalized spacial score (nSPS) is 19.5. The van der Waals surface area contributed by atoms with Crippen LogP contribution in [0.25, 0.3) is 0 Å². The van der Waals surface area contributed by atoms with E-state index in [4.69, 9.17) is 9.47 Å². The fourth-order valence-corrected chi connectivity index (χ4v) is 4.33. The molecule has 1 unspecified atom stereocenters. The minimum Gasteiger partial charge on any atom is -0.490 e. The van der Waals surface area contributed by atoms with Crippen LogP contribution >= 0.6 is 0 Å². The smallest absolute Gasteiger partial charge is 0.254 e. The summed E-state index contributed by atoms with van der Waals surface area (Å²) in [4.78, 5) is 18.2. The third-order valence-electron chi connectivity index (χ3n) is 5.94. The molecule has 0 spiro atoms. The predicted octanol–water partition coefficient (Wildman–Crippen LogP) is 4.02. The van der Waals surface area contributed by atoms with Gasteiger partial charge >= 0.3 is 0 Å². The van der Waals surface area contributed by atoms with Crippen LogP contribution in [-0.2, 0) is 6.42 Å². The van der Waals surface area contributed by atoms with Crippen LogP contribution < -0.4 is 9.47 Å². The molecule has 0 bridgehead atoms. The zero-order valence-corrected chi connectivity index (χ0v) is 18.0. The van der Waals surface area contributed by atoms with Crippen molar-refractivity contribution < 1.29 is 14.3 Å². The topological polar surface area (TPSA) is 42.0 Å². The molecule has 2 aromatic carbocycles. The van der Waals surface area contributed by atoms with Gasteiger partial charge in [0.1, 0.15) is 0 Å². The molecule has 0 aromatic heterocycles. The Kier molecular flexibility index (Phi) is 6.58. The molecular formula is C25H32N2O3. The highest BCUT2D eigenvalue weighted by Crippen LogP contribution is 2.32. The third kappa shape index (κ3) is 4.78. The molecule has 1 atom stereocenters. The van der Waals surface area contributed by atoms with Gasteiger partial charge in [-0.3, -0.25) is 9.69 Å². The number of carbonyl (C=O) groups excluding carboxylic acids is 1. The van der Waals surface area contributed by atoms with Gasteiger partial charge in [-0.1, -0.05) is 30.3 Å². The van der Waals surface area contributed by atoms with E-state index in [0.717, 1.165) is 32.1 Å². The minimum absolute atomic E-state index is 0.0791. The molecule has 0 N–H and O–H groups in total. The van der Waals surface area contributed by atoms with Crippen molar-refractivity contribution in [3.8, 4) is 11.5 Å². The van der Waals surface area contributed by atoms with Gasteiger partial charge in [-0.2, -0.15) is 0 Å². The Balaban J connectivity index is 1.56. The number of benzene rings is 2. The van der Waals surface area contributed by atoms with Crippen LogP contribution in [0.1, 0.15) is 42.6 Å². The van der Waals surface area contributed by atoms with Crippen molar-refractivity contribution in [3.05, 3.63) is 59.7 Å². The summed E-state index contributed by atoms with van der Waals surface area (Å²) in [5.41, 5.74) is 1.94. The highest BCUT2D eigenvalue weighted by molar-refractivity contribution is 5.95. The van der Waals surface area contributed by atoms with Gasteiger partial charge in [-0.05, 0) is 56.9 Å². The van der Waals surface area contributed by atoms with Crippen molar-refractivity contribution in [3.63, 3.8) is 0 Å². The second kappa shape index (κ2) is 9.52. The lowest BCUT2D eigenvalue weighted by molar-refractivity contribution is 0.0437. The zero-order chi connectivity index (χ0) is 20.9. The highest BCUT2D eigenvalue weighted by atomic mass is 16.5. The van der Waals surface area contributed by atoms with Crippen molar-refractivity contribution in [1.29, 1.82) is 0 Å². The van der Waals surface area contributed by atoms with E-state index in [0.29, 0.717) is 30.3 Å². The summed E-state index contributed by atoms with van der Waals surface area (Å²) in [5, 5.41) is 0. The fraction of sp³-hybridized carbons (Fsp3) is 0.480. The summed E-state index contributed by atoms with van der Waals surface area (Å²) < 4.78 is 11.4. The monoisotopic (exact) mass is 408 g/mol. The van der Waals surface area contributed by atoms with Gasteiger partial charge in [0.05, 0.1) is 13.2 Å². The molecule has 4 rings (SSSR count). The summed E-state index contributed by atoms with van der Waals surface area (Å²) in [7, 11) is 0. The van der Waals surface area contributed by atoms with E-state index in [1.165, 1.54) is 18.4 Å². The number of ether oxygens (including phenoxy) is 2. The van der Waals surface area contributed by atoms with E-state index in [1.807, 2.05) is 38.1 Å². The van der Waals surface area contributed by atoms with Crippen LogP contribution in [0.15, 0.2) is 48.5 Å². The maximum Gasteiger partial charge on any atom is 0.254 e. The van der Waals surface area contributed by atoms with E-state index in [1.54, 1.807) is 0 Å². The third-order valence-corrected chi connectivity index (χ3v) is 5.94. The number of piperazine rings is 1. The molecule has 5 heteroatoms. The predicted molar refractivity (Wildman–Crippen MR) is 118 cm³/mol. The number of nitrogens with zero attached hydrogens (tertiary/aromatic N) is 2. The molecule has 0 radical (unpaired) electrons. The van der Waals surface area contributed by atoms with Gasteiger partial charge in [0, 0.05) is 37.3 Å². The van der Waals surface area contributed by atoms with Gasteiger partial charge in [-0.15, -0.1) is 0 Å². The number of carbonyl (C=O) groups is 1. The fourth-order valence-electron chi connectivity index (χ4n) is 4.33. The first-order chi connectivity index (χ1) is 14.7. The van der Waals surface area contributed by atoms with Crippen LogP contribution in [0.4, 0.5) is 0 Å². The van der Waals surface area contributed by atoms with Gasteiger partial charge in [0.15, 0.2) is 11.5 Å². The lowest BCUT2D eigenvalue weighted by atomic mass is 10.0. The quantitative estimate of drug-likeness (QED) is 0.662. The molecular weight excluding hydrogens is 376 g/mol. The molecule has 2 fully saturated rings. The van der Waals surface area contributed by atoms with Crippen molar-refractivity contribution in [1.82, 2.24) is 9.80 Å². The Bertz CT molecular complexity index is 851. The second-order valence-corrected chi connectivity index (χ2v) is 8.10. The number of rotatable bonds is 8. The van der Waals surface area contributed by atoms with Crippen LogP contribution in [0.3, 0.4) is 0 Å². The van der Waals surface area contributed by atoms with Crippen molar-refractivity contribution in [2.75, 3.05) is 32.8 Å². The molecule has 5 nitrogen and oxygen atoms in total. The standard InChI is InChI=1S/C25H32N2O3/c1-3-29-23-13-10-20(17-24(23)30-4-2)25(28)27-15-14-26(21-11-12-21)18-22(27)16-19-8-6-5-7-9-19/h5-10,13,17,21-22H,3-4,11-12,14-16,18H2,1-2H3. The lowest BCUT2D eigenvalue weighted by Crippen LogP contribution is -2.56. The first-order valence-corrected chi connectivity index (χ1v) is 11.2. The second-order valence-electron chi connectivity index (χ2n) is 8.10. The van der Waals surface area contributed by atoms with Crippen LogP contribution in [0.5, 0.6) is 11.5 Å². The molecule has 2 aliphatic rings. The van der Waals surface area contributed by atoms with E-state index >= 15 is 0 Å². The molecule has 30 heavy (non-hydrogen) atoms. The first-order valence-electron chi connectivity index (χ1n) is 11.2. The van der Waals surface area contributed by atoms with Crippen molar-refractivity contribution in [2.45, 2.75) is 45.2 Å². The largest absolute Gasteiger partial charge is 0.490 e.